The first-order valence-electron chi connectivity index (χ1n) is 7.22. The van der Waals surface area contributed by atoms with Crippen molar-refractivity contribution >= 4 is 27.5 Å². The number of morpholine rings is 1. The molecular formula is C15H20BrClN2O. The number of nitrogens with zero attached hydrogens (tertiary/aromatic N) is 1. The Balaban J connectivity index is 1.47. The fourth-order valence-corrected chi connectivity index (χ4v) is 3.65. The standard InChI is InChI=1S/C15H20BrClN2O/c16-12-3-4-15(17)11(6-12)7-18-8-14-9-19-5-1-2-13(19)10-20-14/h3-4,6,13-14,18H,1-2,5,7-10H2. The van der Waals surface area contributed by atoms with Gasteiger partial charge < -0.3 is 10.1 Å². The highest BCUT2D eigenvalue weighted by Gasteiger charge is 2.31. The number of rotatable bonds is 4. The van der Waals surface area contributed by atoms with E-state index in [0.717, 1.165) is 41.3 Å². The molecule has 3 rings (SSSR count). The molecule has 110 valence electrons. The van der Waals surface area contributed by atoms with Gasteiger partial charge in [0.25, 0.3) is 0 Å². The average Bonchev–Trinajstić information content (AvgIpc) is 2.90. The Morgan fingerprint density at radius 3 is 3.25 bits per heavy atom. The highest BCUT2D eigenvalue weighted by atomic mass is 79.9. The lowest BCUT2D eigenvalue weighted by molar-refractivity contribution is -0.0470. The van der Waals surface area contributed by atoms with Crippen molar-refractivity contribution in [1.82, 2.24) is 10.2 Å². The molecule has 1 aromatic rings. The third kappa shape index (κ3) is 3.55. The molecule has 2 unspecified atom stereocenters. The van der Waals surface area contributed by atoms with Gasteiger partial charge in [0.1, 0.15) is 0 Å². The van der Waals surface area contributed by atoms with Crippen LogP contribution in [0, 0.1) is 0 Å². The largest absolute Gasteiger partial charge is 0.374 e. The molecule has 2 aliphatic heterocycles. The predicted octanol–water partition coefficient (Wildman–Crippen LogP) is 3.06. The van der Waals surface area contributed by atoms with Crippen LogP contribution in [0.25, 0.3) is 0 Å². The summed E-state index contributed by atoms with van der Waals surface area (Å²) in [4.78, 5) is 2.57. The maximum absolute atomic E-state index is 6.19. The molecule has 2 aliphatic rings. The van der Waals surface area contributed by atoms with Gasteiger partial charge in [0.2, 0.25) is 0 Å². The van der Waals surface area contributed by atoms with E-state index in [1.165, 1.54) is 19.4 Å². The van der Waals surface area contributed by atoms with Crippen molar-refractivity contribution in [2.45, 2.75) is 31.5 Å². The summed E-state index contributed by atoms with van der Waals surface area (Å²) >= 11 is 9.67. The lowest BCUT2D eigenvalue weighted by Crippen LogP contribution is -2.49. The zero-order valence-corrected chi connectivity index (χ0v) is 13.8. The maximum atomic E-state index is 6.19. The quantitative estimate of drug-likeness (QED) is 0.894. The number of hydrogen-bond acceptors (Lipinski definition) is 3. The highest BCUT2D eigenvalue weighted by Crippen LogP contribution is 2.23. The van der Waals surface area contributed by atoms with E-state index in [1.54, 1.807) is 0 Å². The van der Waals surface area contributed by atoms with E-state index in [-0.39, 0.29) is 0 Å². The molecule has 3 nitrogen and oxygen atoms in total. The van der Waals surface area contributed by atoms with Crippen molar-refractivity contribution in [2.24, 2.45) is 0 Å². The van der Waals surface area contributed by atoms with Gasteiger partial charge in [-0.3, -0.25) is 4.90 Å². The second-order valence-electron chi connectivity index (χ2n) is 5.61. The van der Waals surface area contributed by atoms with Crippen LogP contribution in [0.5, 0.6) is 0 Å². The molecule has 5 heteroatoms. The molecule has 0 amide bonds. The Bertz CT molecular complexity index is 471. The molecule has 0 aromatic heterocycles. The van der Waals surface area contributed by atoms with Crippen LogP contribution < -0.4 is 5.32 Å². The van der Waals surface area contributed by atoms with Crippen molar-refractivity contribution in [3.63, 3.8) is 0 Å². The van der Waals surface area contributed by atoms with Gasteiger partial charge in [-0.1, -0.05) is 27.5 Å². The Kier molecular flexibility index (Phi) is 5.00. The van der Waals surface area contributed by atoms with Gasteiger partial charge in [0.15, 0.2) is 0 Å². The number of nitrogens with one attached hydrogen (secondary N) is 1. The fraction of sp³-hybridized carbons (Fsp3) is 0.600. The summed E-state index contributed by atoms with van der Waals surface area (Å²) in [5.41, 5.74) is 1.12. The molecular weight excluding hydrogens is 340 g/mol. The van der Waals surface area contributed by atoms with Crippen molar-refractivity contribution in [2.75, 3.05) is 26.2 Å². The van der Waals surface area contributed by atoms with Crippen LogP contribution in [0.4, 0.5) is 0 Å². The van der Waals surface area contributed by atoms with E-state index in [4.69, 9.17) is 16.3 Å². The fourth-order valence-electron chi connectivity index (χ4n) is 3.06. The van der Waals surface area contributed by atoms with Gasteiger partial charge >= 0.3 is 0 Å². The highest BCUT2D eigenvalue weighted by molar-refractivity contribution is 9.10. The molecule has 0 bridgehead atoms. The molecule has 0 spiro atoms. The summed E-state index contributed by atoms with van der Waals surface area (Å²) in [7, 11) is 0. The smallest absolute Gasteiger partial charge is 0.0827 e. The molecule has 2 saturated heterocycles. The van der Waals surface area contributed by atoms with Gasteiger partial charge in [-0.25, -0.2) is 0 Å². The van der Waals surface area contributed by atoms with E-state index in [9.17, 15) is 0 Å². The Hall–Kier alpha value is -0.130. The summed E-state index contributed by atoms with van der Waals surface area (Å²) in [5, 5.41) is 4.27. The minimum Gasteiger partial charge on any atom is -0.374 e. The first-order valence-corrected chi connectivity index (χ1v) is 8.40. The zero-order valence-electron chi connectivity index (χ0n) is 11.4. The molecule has 1 N–H and O–H groups in total. The predicted molar refractivity (Wildman–Crippen MR) is 85.2 cm³/mol. The molecule has 0 aliphatic carbocycles. The maximum Gasteiger partial charge on any atom is 0.0827 e. The normalized spacial score (nSPS) is 26.7. The van der Waals surface area contributed by atoms with E-state index in [1.807, 2.05) is 12.1 Å². The van der Waals surface area contributed by atoms with E-state index in [0.29, 0.717) is 12.1 Å². The summed E-state index contributed by atoms with van der Waals surface area (Å²) in [6.45, 7) is 4.85. The SMILES string of the molecule is Clc1ccc(Br)cc1CNCC1CN2CCCC2CO1. The van der Waals surface area contributed by atoms with Gasteiger partial charge in [-0.2, -0.15) is 0 Å². The van der Waals surface area contributed by atoms with Crippen molar-refractivity contribution in [3.05, 3.63) is 33.3 Å². The van der Waals surface area contributed by atoms with Crippen molar-refractivity contribution in [3.8, 4) is 0 Å². The summed E-state index contributed by atoms with van der Waals surface area (Å²) in [5.74, 6) is 0. The van der Waals surface area contributed by atoms with Crippen molar-refractivity contribution < 1.29 is 4.74 Å². The molecule has 2 heterocycles. The van der Waals surface area contributed by atoms with Crippen molar-refractivity contribution in [1.29, 1.82) is 0 Å². The number of hydrogen-bond donors (Lipinski definition) is 1. The van der Waals surface area contributed by atoms with Crippen LogP contribution in [0.3, 0.4) is 0 Å². The number of halogens is 2. The summed E-state index contributed by atoms with van der Waals surface area (Å²) in [6.07, 6.45) is 2.92. The van der Waals surface area contributed by atoms with Gasteiger partial charge in [-0.15, -0.1) is 0 Å². The van der Waals surface area contributed by atoms with E-state index in [2.05, 4.69) is 32.2 Å². The van der Waals surface area contributed by atoms with Gasteiger partial charge in [0, 0.05) is 35.2 Å². The zero-order chi connectivity index (χ0) is 13.9. The second kappa shape index (κ2) is 6.75. The van der Waals surface area contributed by atoms with Crippen LogP contribution in [-0.2, 0) is 11.3 Å². The molecule has 0 radical (unpaired) electrons. The topological polar surface area (TPSA) is 24.5 Å². The summed E-state index contributed by atoms with van der Waals surface area (Å²) < 4.78 is 7.00. The number of fused-ring (bicyclic) bond motifs is 1. The van der Waals surface area contributed by atoms with Crippen LogP contribution in [0.2, 0.25) is 5.02 Å². The minimum atomic E-state index is 0.301. The Morgan fingerprint density at radius 1 is 1.45 bits per heavy atom. The van der Waals surface area contributed by atoms with Gasteiger partial charge in [0.05, 0.1) is 12.7 Å². The molecule has 2 atom stereocenters. The third-order valence-corrected chi connectivity index (χ3v) is 5.02. The molecule has 20 heavy (non-hydrogen) atoms. The monoisotopic (exact) mass is 358 g/mol. The minimum absolute atomic E-state index is 0.301. The molecule has 0 saturated carbocycles. The third-order valence-electron chi connectivity index (χ3n) is 4.16. The first-order chi connectivity index (χ1) is 9.72. The van der Waals surface area contributed by atoms with E-state index < -0.39 is 0 Å². The number of benzene rings is 1. The molecule has 1 aromatic carbocycles. The first kappa shape index (κ1) is 14.8. The Morgan fingerprint density at radius 2 is 2.35 bits per heavy atom. The van der Waals surface area contributed by atoms with Crippen LogP contribution in [0.15, 0.2) is 22.7 Å². The van der Waals surface area contributed by atoms with E-state index >= 15 is 0 Å². The average molecular weight is 360 g/mol. The van der Waals surface area contributed by atoms with Crippen LogP contribution >= 0.6 is 27.5 Å². The van der Waals surface area contributed by atoms with Crippen LogP contribution in [0.1, 0.15) is 18.4 Å². The summed E-state index contributed by atoms with van der Waals surface area (Å²) in [6, 6.07) is 6.62. The number of ether oxygens (including phenoxy) is 1. The molecule has 2 fully saturated rings. The Labute approximate surface area is 133 Å². The lowest BCUT2D eigenvalue weighted by Gasteiger charge is -2.35. The second-order valence-corrected chi connectivity index (χ2v) is 6.94. The van der Waals surface area contributed by atoms with Crippen LogP contribution in [-0.4, -0.2) is 43.3 Å². The van der Waals surface area contributed by atoms with Gasteiger partial charge in [-0.05, 0) is 43.1 Å². The lowest BCUT2D eigenvalue weighted by atomic mass is 10.2.